The van der Waals surface area contributed by atoms with Crippen LogP contribution in [0.25, 0.3) is 0 Å². The highest BCUT2D eigenvalue weighted by molar-refractivity contribution is 9.11. The molecule has 0 aliphatic heterocycles. The molecule has 0 saturated carbocycles. The molecule has 54 valence electrons. The van der Waals surface area contributed by atoms with Crippen LogP contribution in [0, 0.1) is 0 Å². The zero-order valence-corrected chi connectivity index (χ0v) is 8.60. The first-order chi connectivity index (χ1) is 4.77. The summed E-state index contributed by atoms with van der Waals surface area (Å²) < 4.78 is 1.25. The molecular weight excluding hydrogens is 228 g/mol. The van der Waals surface area contributed by atoms with E-state index in [0.717, 1.165) is 0 Å². The van der Waals surface area contributed by atoms with Crippen LogP contribution in [0.4, 0.5) is 0 Å². The normalized spacial score (nSPS) is 23.2. The summed E-state index contributed by atoms with van der Waals surface area (Å²) in [6.07, 6.45) is 2.44. The van der Waals surface area contributed by atoms with Gasteiger partial charge in [0.05, 0.1) is 3.79 Å². The number of aryl methyl sites for hydroxylation is 1. The Morgan fingerprint density at radius 3 is 3.20 bits per heavy atom. The molecule has 1 aliphatic carbocycles. The quantitative estimate of drug-likeness (QED) is 0.654. The molecule has 0 fully saturated rings. The Balaban J connectivity index is 2.49. The molecule has 0 N–H and O–H groups in total. The van der Waals surface area contributed by atoms with Crippen molar-refractivity contribution in [1.82, 2.24) is 0 Å². The van der Waals surface area contributed by atoms with E-state index in [0.29, 0.717) is 5.25 Å². The molecule has 0 radical (unpaired) electrons. The molecule has 1 aromatic rings. The summed E-state index contributed by atoms with van der Waals surface area (Å²) in [7, 11) is 0. The molecule has 1 atom stereocenters. The number of thiol groups is 1. The van der Waals surface area contributed by atoms with Crippen LogP contribution in [0.5, 0.6) is 0 Å². The summed E-state index contributed by atoms with van der Waals surface area (Å²) in [6, 6.07) is 2.20. The average Bonchev–Trinajstić information content (AvgIpc) is 2.35. The Morgan fingerprint density at radius 2 is 2.50 bits per heavy atom. The van der Waals surface area contributed by atoms with Crippen LogP contribution >= 0.6 is 39.9 Å². The first kappa shape index (κ1) is 7.19. The lowest BCUT2D eigenvalue weighted by molar-refractivity contribution is 0.899. The SMILES string of the molecule is SC1CCc2sc(Br)cc21. The number of rotatable bonds is 0. The largest absolute Gasteiger partial charge is 0.171 e. The maximum Gasteiger partial charge on any atom is 0.0704 e. The Morgan fingerprint density at radius 1 is 1.70 bits per heavy atom. The van der Waals surface area contributed by atoms with E-state index in [1.807, 2.05) is 11.3 Å². The van der Waals surface area contributed by atoms with Crippen LogP contribution in [-0.4, -0.2) is 0 Å². The lowest BCUT2D eigenvalue weighted by atomic mass is 10.3. The van der Waals surface area contributed by atoms with E-state index in [9.17, 15) is 0 Å². The van der Waals surface area contributed by atoms with Crippen LogP contribution in [0.2, 0.25) is 0 Å². The second-order valence-electron chi connectivity index (χ2n) is 2.48. The van der Waals surface area contributed by atoms with Crippen molar-refractivity contribution in [3.8, 4) is 0 Å². The fourth-order valence-electron chi connectivity index (χ4n) is 1.31. The summed E-state index contributed by atoms with van der Waals surface area (Å²) in [5, 5.41) is 0.498. The van der Waals surface area contributed by atoms with E-state index in [-0.39, 0.29) is 0 Å². The van der Waals surface area contributed by atoms with Gasteiger partial charge in [0.2, 0.25) is 0 Å². The van der Waals surface area contributed by atoms with Gasteiger partial charge in [-0.3, -0.25) is 0 Å². The number of thiophene rings is 1. The molecule has 1 unspecified atom stereocenters. The Bertz CT molecular complexity index is 254. The predicted octanol–water partition coefficient (Wildman–Crippen LogP) is 3.43. The topological polar surface area (TPSA) is 0 Å². The fraction of sp³-hybridized carbons (Fsp3) is 0.429. The second kappa shape index (κ2) is 2.54. The number of hydrogen-bond acceptors (Lipinski definition) is 2. The van der Waals surface area contributed by atoms with E-state index in [4.69, 9.17) is 0 Å². The minimum absolute atomic E-state index is 0.498. The Labute approximate surface area is 78.2 Å². The van der Waals surface area contributed by atoms with E-state index in [2.05, 4.69) is 34.6 Å². The molecule has 0 amide bonds. The molecule has 10 heavy (non-hydrogen) atoms. The summed E-state index contributed by atoms with van der Waals surface area (Å²) in [5.41, 5.74) is 1.44. The predicted molar refractivity (Wildman–Crippen MR) is 52.1 cm³/mol. The van der Waals surface area contributed by atoms with Crippen molar-refractivity contribution < 1.29 is 0 Å². The van der Waals surface area contributed by atoms with E-state index in [1.165, 1.54) is 27.1 Å². The average molecular weight is 235 g/mol. The van der Waals surface area contributed by atoms with Crippen molar-refractivity contribution in [2.75, 3.05) is 0 Å². The zero-order valence-electron chi connectivity index (χ0n) is 5.30. The van der Waals surface area contributed by atoms with Gasteiger partial charge in [-0.15, -0.1) is 11.3 Å². The van der Waals surface area contributed by atoms with Gasteiger partial charge in [-0.2, -0.15) is 12.6 Å². The van der Waals surface area contributed by atoms with Gasteiger partial charge in [0.25, 0.3) is 0 Å². The molecule has 1 aliphatic rings. The van der Waals surface area contributed by atoms with Crippen molar-refractivity contribution in [1.29, 1.82) is 0 Å². The third-order valence-electron chi connectivity index (χ3n) is 1.82. The molecule has 0 nitrogen and oxygen atoms in total. The molecular formula is C7H7BrS2. The van der Waals surface area contributed by atoms with Crippen LogP contribution in [0.15, 0.2) is 9.85 Å². The van der Waals surface area contributed by atoms with Gasteiger partial charge >= 0.3 is 0 Å². The molecule has 1 heterocycles. The van der Waals surface area contributed by atoms with Gasteiger partial charge in [-0.1, -0.05) is 0 Å². The summed E-state index contributed by atoms with van der Waals surface area (Å²) >= 11 is 9.79. The number of hydrogen-bond donors (Lipinski definition) is 1. The monoisotopic (exact) mass is 234 g/mol. The van der Waals surface area contributed by atoms with Crippen LogP contribution < -0.4 is 0 Å². The van der Waals surface area contributed by atoms with Crippen molar-refractivity contribution in [3.63, 3.8) is 0 Å². The molecule has 0 saturated heterocycles. The van der Waals surface area contributed by atoms with Crippen molar-refractivity contribution in [3.05, 3.63) is 20.3 Å². The smallest absolute Gasteiger partial charge is 0.0704 e. The summed E-state index contributed by atoms with van der Waals surface area (Å²) in [6.45, 7) is 0. The molecule has 0 spiro atoms. The lowest BCUT2D eigenvalue weighted by Gasteiger charge is -1.96. The fourth-order valence-corrected chi connectivity index (χ4v) is 3.55. The molecule has 0 bridgehead atoms. The van der Waals surface area contributed by atoms with Crippen molar-refractivity contribution in [2.45, 2.75) is 18.1 Å². The maximum atomic E-state index is 4.47. The van der Waals surface area contributed by atoms with Gasteiger partial charge in [0.1, 0.15) is 0 Å². The Kier molecular flexibility index (Phi) is 1.83. The number of halogens is 1. The highest BCUT2D eigenvalue weighted by Crippen LogP contribution is 2.42. The minimum Gasteiger partial charge on any atom is -0.171 e. The summed E-state index contributed by atoms with van der Waals surface area (Å²) in [5.74, 6) is 0. The molecule has 0 aromatic carbocycles. The van der Waals surface area contributed by atoms with Crippen molar-refractivity contribution >= 4 is 39.9 Å². The Hall–Kier alpha value is 0.530. The van der Waals surface area contributed by atoms with Crippen LogP contribution in [0.1, 0.15) is 22.1 Å². The highest BCUT2D eigenvalue weighted by Gasteiger charge is 2.21. The summed E-state index contributed by atoms with van der Waals surface area (Å²) in [4.78, 5) is 1.52. The van der Waals surface area contributed by atoms with E-state index >= 15 is 0 Å². The second-order valence-corrected chi connectivity index (χ2v) is 5.62. The molecule has 3 heteroatoms. The third-order valence-corrected chi connectivity index (χ3v) is 4.07. The van der Waals surface area contributed by atoms with Gasteiger partial charge < -0.3 is 0 Å². The highest BCUT2D eigenvalue weighted by atomic mass is 79.9. The molecule has 1 aromatic heterocycles. The maximum absolute atomic E-state index is 4.47. The molecule has 2 rings (SSSR count). The van der Waals surface area contributed by atoms with Gasteiger partial charge in [-0.25, -0.2) is 0 Å². The standard InChI is InChI=1S/C7H7BrS2/c8-7-3-4-5(9)1-2-6(4)10-7/h3,5,9H,1-2H2. The van der Waals surface area contributed by atoms with Gasteiger partial charge in [0.15, 0.2) is 0 Å². The first-order valence-electron chi connectivity index (χ1n) is 3.23. The van der Waals surface area contributed by atoms with Crippen LogP contribution in [-0.2, 0) is 6.42 Å². The van der Waals surface area contributed by atoms with Gasteiger partial charge in [-0.05, 0) is 40.4 Å². The number of fused-ring (bicyclic) bond motifs is 1. The van der Waals surface area contributed by atoms with Crippen LogP contribution in [0.3, 0.4) is 0 Å². The third kappa shape index (κ3) is 1.04. The zero-order chi connectivity index (χ0) is 7.14. The van der Waals surface area contributed by atoms with Gasteiger partial charge in [0, 0.05) is 10.1 Å². The minimum atomic E-state index is 0.498. The lowest BCUT2D eigenvalue weighted by Crippen LogP contribution is -1.76. The van der Waals surface area contributed by atoms with Crippen molar-refractivity contribution in [2.24, 2.45) is 0 Å². The van der Waals surface area contributed by atoms with E-state index < -0.39 is 0 Å². The van der Waals surface area contributed by atoms with E-state index in [1.54, 1.807) is 0 Å². The first-order valence-corrected chi connectivity index (χ1v) is 5.36.